The van der Waals surface area contributed by atoms with Crippen LogP contribution in [0.4, 0.5) is 4.39 Å². The maximum atomic E-state index is 13.3. The molecule has 1 aliphatic heterocycles. The quantitative estimate of drug-likeness (QED) is 0.415. The molecule has 3 rings (SSSR count). The molecule has 2 atom stereocenters. The molecule has 0 aliphatic carbocycles. The van der Waals surface area contributed by atoms with E-state index in [4.69, 9.17) is 0 Å². The van der Waals surface area contributed by atoms with E-state index in [2.05, 4.69) is 34.0 Å². The van der Waals surface area contributed by atoms with Crippen LogP contribution in [-0.4, -0.2) is 42.5 Å². The molecule has 1 aromatic heterocycles. The third kappa shape index (κ3) is 4.86. The molecule has 0 spiro atoms. The largest absolute Gasteiger partial charge is 0.361 e. The van der Waals surface area contributed by atoms with Crippen molar-refractivity contribution in [2.24, 2.45) is 16.8 Å². The average molecular weight is 458 g/mol. The fraction of sp³-hybridized carbons (Fsp3) is 0.526. The highest BCUT2D eigenvalue weighted by Crippen LogP contribution is 2.21. The summed E-state index contributed by atoms with van der Waals surface area (Å²) in [6.45, 7) is 7.56. The smallest absolute Gasteiger partial charge is 0.193 e. The van der Waals surface area contributed by atoms with Crippen LogP contribution >= 0.6 is 24.0 Å². The number of H-pyrrole nitrogens is 1. The predicted molar refractivity (Wildman–Crippen MR) is 113 cm³/mol. The van der Waals surface area contributed by atoms with Crippen LogP contribution in [0.2, 0.25) is 0 Å². The van der Waals surface area contributed by atoms with E-state index in [0.29, 0.717) is 11.8 Å². The Morgan fingerprint density at radius 3 is 2.72 bits per heavy atom. The lowest BCUT2D eigenvalue weighted by Crippen LogP contribution is -2.48. The first-order chi connectivity index (χ1) is 11.6. The summed E-state index contributed by atoms with van der Waals surface area (Å²) in [6.07, 6.45) is 4.14. The van der Waals surface area contributed by atoms with Crippen LogP contribution in [-0.2, 0) is 6.42 Å². The van der Waals surface area contributed by atoms with Crippen molar-refractivity contribution in [3.63, 3.8) is 0 Å². The highest BCUT2D eigenvalue weighted by Gasteiger charge is 2.23. The van der Waals surface area contributed by atoms with Gasteiger partial charge in [-0.2, -0.15) is 0 Å². The summed E-state index contributed by atoms with van der Waals surface area (Å²) in [7, 11) is 1.85. The van der Waals surface area contributed by atoms with Crippen molar-refractivity contribution in [3.8, 4) is 0 Å². The summed E-state index contributed by atoms with van der Waals surface area (Å²) in [4.78, 5) is 9.96. The Labute approximate surface area is 166 Å². The van der Waals surface area contributed by atoms with Gasteiger partial charge in [0.2, 0.25) is 0 Å². The van der Waals surface area contributed by atoms with E-state index >= 15 is 0 Å². The number of piperidine rings is 1. The number of rotatable bonds is 3. The molecule has 25 heavy (non-hydrogen) atoms. The molecular formula is C19H28FIN4. The van der Waals surface area contributed by atoms with E-state index in [1.165, 1.54) is 18.1 Å². The number of hydrogen-bond donors (Lipinski definition) is 2. The number of fused-ring (bicyclic) bond motifs is 1. The molecular weight excluding hydrogens is 430 g/mol. The fourth-order valence-corrected chi connectivity index (χ4v) is 3.84. The van der Waals surface area contributed by atoms with Crippen molar-refractivity contribution < 1.29 is 4.39 Å². The van der Waals surface area contributed by atoms with Gasteiger partial charge in [0.15, 0.2) is 5.96 Å². The minimum absolute atomic E-state index is 0. The molecule has 1 fully saturated rings. The summed E-state index contributed by atoms with van der Waals surface area (Å²) in [5.41, 5.74) is 2.06. The zero-order valence-electron chi connectivity index (χ0n) is 15.2. The highest BCUT2D eigenvalue weighted by molar-refractivity contribution is 14.0. The van der Waals surface area contributed by atoms with Gasteiger partial charge in [0, 0.05) is 43.8 Å². The monoisotopic (exact) mass is 458 g/mol. The number of benzene rings is 1. The van der Waals surface area contributed by atoms with E-state index in [1.54, 1.807) is 6.07 Å². The minimum Gasteiger partial charge on any atom is -0.361 e. The van der Waals surface area contributed by atoms with Crippen LogP contribution in [0.3, 0.4) is 0 Å². The Kier molecular flexibility index (Phi) is 7.10. The van der Waals surface area contributed by atoms with Crippen molar-refractivity contribution >= 4 is 40.8 Å². The molecule has 0 amide bonds. The predicted octanol–water partition coefficient (Wildman–Crippen LogP) is 4.02. The van der Waals surface area contributed by atoms with Crippen LogP contribution < -0.4 is 5.32 Å². The van der Waals surface area contributed by atoms with Gasteiger partial charge < -0.3 is 15.2 Å². The number of hydrogen-bond acceptors (Lipinski definition) is 1. The van der Waals surface area contributed by atoms with Gasteiger partial charge in [-0.3, -0.25) is 4.99 Å². The van der Waals surface area contributed by atoms with E-state index in [9.17, 15) is 4.39 Å². The van der Waals surface area contributed by atoms with E-state index < -0.39 is 0 Å². The van der Waals surface area contributed by atoms with Gasteiger partial charge in [0.05, 0.1) is 0 Å². The first kappa shape index (κ1) is 20.0. The second-order valence-electron chi connectivity index (χ2n) is 7.08. The fourth-order valence-electron chi connectivity index (χ4n) is 3.84. The third-order valence-electron chi connectivity index (χ3n) is 4.79. The van der Waals surface area contributed by atoms with Crippen molar-refractivity contribution in [1.29, 1.82) is 0 Å². The van der Waals surface area contributed by atoms with E-state index in [0.717, 1.165) is 42.9 Å². The molecule has 138 valence electrons. The van der Waals surface area contributed by atoms with Crippen LogP contribution in [0, 0.1) is 17.7 Å². The molecule has 0 bridgehead atoms. The summed E-state index contributed by atoms with van der Waals surface area (Å²) >= 11 is 0. The lowest BCUT2D eigenvalue weighted by atomic mass is 9.92. The average Bonchev–Trinajstić information content (AvgIpc) is 2.92. The first-order valence-electron chi connectivity index (χ1n) is 8.78. The number of halogens is 2. The Balaban J connectivity index is 0.00000225. The van der Waals surface area contributed by atoms with Gasteiger partial charge in [-0.25, -0.2) is 4.39 Å². The van der Waals surface area contributed by atoms with Crippen molar-refractivity contribution in [2.75, 3.05) is 26.7 Å². The summed E-state index contributed by atoms with van der Waals surface area (Å²) in [6, 6.07) is 4.91. The number of aliphatic imine (C=N–C) groups is 1. The van der Waals surface area contributed by atoms with Crippen LogP contribution in [0.25, 0.3) is 10.9 Å². The van der Waals surface area contributed by atoms with Gasteiger partial charge >= 0.3 is 0 Å². The minimum atomic E-state index is -0.206. The molecule has 2 N–H and O–H groups in total. The number of nitrogens with one attached hydrogen (secondary N) is 2. The second-order valence-corrected chi connectivity index (χ2v) is 7.08. The van der Waals surface area contributed by atoms with E-state index in [1.807, 2.05) is 19.3 Å². The lowest BCUT2D eigenvalue weighted by molar-refractivity contribution is 0.208. The Hall–Kier alpha value is -1.31. The number of aromatic nitrogens is 1. The molecule has 2 heterocycles. The van der Waals surface area contributed by atoms with Gasteiger partial charge in [-0.15, -0.1) is 24.0 Å². The maximum absolute atomic E-state index is 13.3. The van der Waals surface area contributed by atoms with Gasteiger partial charge in [-0.05, 0) is 48.4 Å². The Morgan fingerprint density at radius 1 is 1.32 bits per heavy atom. The maximum Gasteiger partial charge on any atom is 0.193 e. The standard InChI is InChI=1S/C19H27FN4.HI/c1-13-8-14(2)12-24(11-13)19(21-3)22-7-6-15-10-23-18-9-16(20)4-5-17(15)18;/h4-5,9-10,13-14,23H,6-8,11-12H2,1-3H3,(H,21,22);1H. The molecule has 1 aromatic carbocycles. The summed E-state index contributed by atoms with van der Waals surface area (Å²) in [5, 5.41) is 4.57. The van der Waals surface area contributed by atoms with Gasteiger partial charge in [-0.1, -0.05) is 13.8 Å². The molecule has 0 saturated carbocycles. The van der Waals surface area contributed by atoms with Crippen molar-refractivity contribution in [1.82, 2.24) is 15.2 Å². The second kappa shape index (κ2) is 8.87. The molecule has 0 radical (unpaired) electrons. The van der Waals surface area contributed by atoms with Crippen molar-refractivity contribution in [3.05, 3.63) is 35.8 Å². The third-order valence-corrected chi connectivity index (χ3v) is 4.79. The van der Waals surface area contributed by atoms with Crippen molar-refractivity contribution in [2.45, 2.75) is 26.7 Å². The van der Waals surface area contributed by atoms with E-state index in [-0.39, 0.29) is 29.8 Å². The molecule has 2 aromatic rings. The number of guanidine groups is 1. The number of likely N-dealkylation sites (tertiary alicyclic amines) is 1. The molecule has 4 nitrogen and oxygen atoms in total. The van der Waals surface area contributed by atoms with Gasteiger partial charge in [0.25, 0.3) is 0 Å². The molecule has 2 unspecified atom stereocenters. The zero-order chi connectivity index (χ0) is 17.1. The van der Waals surface area contributed by atoms with Gasteiger partial charge in [0.1, 0.15) is 5.82 Å². The van der Waals surface area contributed by atoms with Crippen LogP contribution in [0.15, 0.2) is 29.4 Å². The lowest BCUT2D eigenvalue weighted by Gasteiger charge is -2.37. The summed E-state index contributed by atoms with van der Waals surface area (Å²) < 4.78 is 13.3. The topological polar surface area (TPSA) is 43.4 Å². The Bertz CT molecular complexity index is 717. The summed E-state index contributed by atoms with van der Waals surface area (Å²) in [5.74, 6) is 2.19. The molecule has 6 heteroatoms. The van der Waals surface area contributed by atoms with Crippen LogP contribution in [0.5, 0.6) is 0 Å². The zero-order valence-corrected chi connectivity index (χ0v) is 17.5. The Morgan fingerprint density at radius 2 is 2.04 bits per heavy atom. The van der Waals surface area contributed by atoms with Crippen LogP contribution in [0.1, 0.15) is 25.8 Å². The SMILES string of the molecule is CN=C(NCCc1c[nH]c2cc(F)ccc12)N1CC(C)CC(C)C1.I. The number of nitrogens with zero attached hydrogens (tertiary/aromatic N) is 2. The number of aromatic amines is 1. The highest BCUT2D eigenvalue weighted by atomic mass is 127. The normalized spacial score (nSPS) is 21.3. The molecule has 1 aliphatic rings. The first-order valence-corrected chi connectivity index (χ1v) is 8.78. The molecule has 1 saturated heterocycles.